The van der Waals surface area contributed by atoms with Gasteiger partial charge in [0.1, 0.15) is 18.0 Å². The molecular weight excluding hydrogens is 421 g/mol. The number of likely N-dealkylation sites (N-methyl/N-ethyl adjacent to an activating group) is 1. The van der Waals surface area contributed by atoms with Crippen LogP contribution in [0, 0.1) is 11.8 Å². The number of nitrogens with one attached hydrogen (secondary N) is 1. The van der Waals surface area contributed by atoms with E-state index in [1.54, 1.807) is 13.1 Å². The normalized spacial score (nSPS) is 21.6. The van der Waals surface area contributed by atoms with Crippen LogP contribution >= 0.6 is 0 Å². The molecule has 2 aliphatic heterocycles. The van der Waals surface area contributed by atoms with Gasteiger partial charge in [0.2, 0.25) is 5.60 Å². The van der Waals surface area contributed by atoms with Gasteiger partial charge >= 0.3 is 0 Å². The first-order valence-electron chi connectivity index (χ1n) is 9.73. The molecule has 1 aromatic heterocycles. The molecule has 32 heavy (non-hydrogen) atoms. The third-order valence-corrected chi connectivity index (χ3v) is 5.40. The van der Waals surface area contributed by atoms with Crippen molar-refractivity contribution < 1.29 is 28.6 Å². The number of carbonyl (C=O) groups is 3. The number of ether oxygens (including phenoxy) is 1. The molecule has 0 bridgehead atoms. The van der Waals surface area contributed by atoms with E-state index in [2.05, 4.69) is 22.3 Å². The number of hydrogen-bond donors (Lipinski definition) is 3. The fourth-order valence-corrected chi connectivity index (χ4v) is 3.70. The number of primary amides is 1. The topological polar surface area (TPSA) is 140 Å². The molecule has 2 aliphatic rings. The summed E-state index contributed by atoms with van der Waals surface area (Å²) in [6, 6.07) is 4.61. The van der Waals surface area contributed by atoms with Crippen LogP contribution in [-0.4, -0.2) is 70.4 Å². The first kappa shape index (κ1) is 21.3. The van der Waals surface area contributed by atoms with Crippen LogP contribution in [0.1, 0.15) is 44.7 Å². The molecule has 1 aromatic carbocycles. The molecule has 0 radical (unpaired) electrons. The number of nitrogens with zero attached hydrogens (tertiary/aromatic N) is 3. The number of hydrogen-bond acceptors (Lipinski definition) is 6. The molecule has 3 heterocycles. The zero-order chi connectivity index (χ0) is 23.2. The van der Waals surface area contributed by atoms with E-state index in [1.807, 2.05) is 0 Å². The van der Waals surface area contributed by atoms with Crippen molar-refractivity contribution in [2.24, 2.45) is 5.73 Å². The molecule has 0 spiro atoms. The van der Waals surface area contributed by atoms with Crippen molar-refractivity contribution >= 4 is 17.7 Å². The molecule has 166 valence electrons. The molecule has 11 heteroatoms. The molecule has 1 unspecified atom stereocenters. The van der Waals surface area contributed by atoms with Gasteiger partial charge in [-0.25, -0.2) is 9.07 Å². The Morgan fingerprint density at radius 2 is 2.19 bits per heavy atom. The summed E-state index contributed by atoms with van der Waals surface area (Å²) in [7, 11) is 2.92. The molecule has 3 amide bonds. The van der Waals surface area contributed by atoms with E-state index in [1.165, 1.54) is 24.1 Å². The van der Waals surface area contributed by atoms with Crippen molar-refractivity contribution in [1.82, 2.24) is 20.0 Å². The van der Waals surface area contributed by atoms with Crippen LogP contribution in [0.5, 0.6) is 5.75 Å². The SMILES string of the molecule is CNC(=O)c1c(C(N)=O)nn2c1C(F)COc1ccc(C#C[C@]3(O)CCN(C)C3=O)cc1-2. The lowest BCUT2D eigenvalue weighted by molar-refractivity contribution is -0.137. The number of aliphatic hydroxyl groups is 1. The number of benzene rings is 1. The highest BCUT2D eigenvalue weighted by atomic mass is 19.1. The summed E-state index contributed by atoms with van der Waals surface area (Å²) < 4.78 is 21.6. The summed E-state index contributed by atoms with van der Waals surface area (Å²) in [4.78, 5) is 37.8. The Labute approximate surface area is 182 Å². The van der Waals surface area contributed by atoms with Gasteiger partial charge in [0, 0.05) is 32.6 Å². The van der Waals surface area contributed by atoms with E-state index < -0.39 is 36.1 Å². The van der Waals surface area contributed by atoms with Crippen LogP contribution in [0.3, 0.4) is 0 Å². The highest BCUT2D eigenvalue weighted by molar-refractivity contribution is 6.06. The smallest absolute Gasteiger partial charge is 0.270 e. The molecule has 1 saturated heterocycles. The van der Waals surface area contributed by atoms with Gasteiger partial charge in [-0.3, -0.25) is 14.4 Å². The van der Waals surface area contributed by atoms with Crippen molar-refractivity contribution in [3.8, 4) is 23.3 Å². The van der Waals surface area contributed by atoms with Crippen molar-refractivity contribution in [3.63, 3.8) is 0 Å². The predicted molar refractivity (Wildman–Crippen MR) is 109 cm³/mol. The second-order valence-electron chi connectivity index (χ2n) is 7.51. The fourth-order valence-electron chi connectivity index (χ4n) is 3.70. The Hall–Kier alpha value is -3.91. The average molecular weight is 441 g/mol. The minimum atomic E-state index is -1.79. The fraction of sp³-hybridized carbons (Fsp3) is 0.333. The number of aromatic nitrogens is 2. The average Bonchev–Trinajstić information content (AvgIpc) is 3.26. The minimum absolute atomic E-state index is 0.173. The van der Waals surface area contributed by atoms with E-state index in [4.69, 9.17) is 10.5 Å². The van der Waals surface area contributed by atoms with Crippen molar-refractivity contribution in [2.45, 2.75) is 18.2 Å². The van der Waals surface area contributed by atoms with Crippen LogP contribution in [-0.2, 0) is 4.79 Å². The minimum Gasteiger partial charge on any atom is -0.488 e. The van der Waals surface area contributed by atoms with Crippen LogP contribution in [0.15, 0.2) is 18.2 Å². The maximum Gasteiger partial charge on any atom is 0.270 e. The third-order valence-electron chi connectivity index (χ3n) is 5.40. The van der Waals surface area contributed by atoms with E-state index in [0.717, 1.165) is 4.68 Å². The molecule has 2 aromatic rings. The van der Waals surface area contributed by atoms with Crippen LogP contribution < -0.4 is 15.8 Å². The standard InChI is InChI=1S/C21H20FN5O5/c1-24-19(29)15-16(18(23)28)25-27-13-9-11(3-4-14(13)32-10-12(22)17(15)27)5-6-21(31)7-8-26(2)20(21)30/h3-4,9,12,31H,7-8,10H2,1-2H3,(H2,23,28)(H,24,29)/t12?,21-/m0/s1. The van der Waals surface area contributed by atoms with E-state index in [0.29, 0.717) is 12.1 Å². The van der Waals surface area contributed by atoms with E-state index in [9.17, 15) is 23.9 Å². The third kappa shape index (κ3) is 3.34. The summed E-state index contributed by atoms with van der Waals surface area (Å²) in [5.74, 6) is 3.42. The summed E-state index contributed by atoms with van der Waals surface area (Å²) >= 11 is 0. The Morgan fingerprint density at radius 1 is 1.44 bits per heavy atom. The largest absolute Gasteiger partial charge is 0.488 e. The van der Waals surface area contributed by atoms with Crippen molar-refractivity contribution in [1.29, 1.82) is 0 Å². The predicted octanol–water partition coefficient (Wildman–Crippen LogP) is -0.322. The van der Waals surface area contributed by atoms with Gasteiger partial charge in [0.25, 0.3) is 17.7 Å². The number of alkyl halides is 1. The maximum atomic E-state index is 15.0. The second kappa shape index (κ2) is 7.65. The summed E-state index contributed by atoms with van der Waals surface area (Å²) in [5, 5.41) is 17.0. The molecule has 2 atom stereocenters. The van der Waals surface area contributed by atoms with E-state index >= 15 is 0 Å². The number of fused-ring (bicyclic) bond motifs is 3. The lowest BCUT2D eigenvalue weighted by atomic mass is 10.0. The van der Waals surface area contributed by atoms with Gasteiger partial charge in [0.15, 0.2) is 11.9 Å². The Morgan fingerprint density at radius 3 is 2.81 bits per heavy atom. The lowest BCUT2D eigenvalue weighted by Crippen LogP contribution is -2.37. The molecule has 4 rings (SSSR count). The quantitative estimate of drug-likeness (QED) is 0.546. The van der Waals surface area contributed by atoms with Crippen molar-refractivity contribution in [2.75, 3.05) is 27.2 Å². The number of amides is 3. The van der Waals surface area contributed by atoms with Crippen LogP contribution in [0.2, 0.25) is 0 Å². The highest BCUT2D eigenvalue weighted by Gasteiger charge is 2.42. The van der Waals surface area contributed by atoms with Gasteiger partial charge in [0.05, 0.1) is 11.3 Å². The van der Waals surface area contributed by atoms with Gasteiger partial charge in [-0.05, 0) is 18.2 Å². The number of likely N-dealkylation sites (tertiary alicyclic amines) is 1. The van der Waals surface area contributed by atoms with E-state index in [-0.39, 0.29) is 34.8 Å². The highest BCUT2D eigenvalue weighted by Crippen LogP contribution is 2.35. The zero-order valence-corrected chi connectivity index (χ0v) is 17.3. The van der Waals surface area contributed by atoms with Crippen LogP contribution in [0.25, 0.3) is 5.69 Å². The Balaban J connectivity index is 1.85. The summed E-state index contributed by atoms with van der Waals surface area (Å²) in [6.07, 6.45) is -1.59. The number of halogens is 1. The summed E-state index contributed by atoms with van der Waals surface area (Å²) in [5.41, 5.74) is 3.38. The first-order chi connectivity index (χ1) is 15.2. The summed E-state index contributed by atoms with van der Waals surface area (Å²) in [6.45, 7) is -0.0265. The van der Waals surface area contributed by atoms with Gasteiger partial charge in [-0.2, -0.15) is 5.10 Å². The lowest BCUT2D eigenvalue weighted by Gasteiger charge is -2.13. The number of carbonyl (C=O) groups excluding carboxylic acids is 3. The maximum absolute atomic E-state index is 15.0. The van der Waals surface area contributed by atoms with Crippen LogP contribution in [0.4, 0.5) is 4.39 Å². The molecule has 0 saturated carbocycles. The second-order valence-corrected chi connectivity index (χ2v) is 7.51. The van der Waals surface area contributed by atoms with Gasteiger partial charge < -0.3 is 25.8 Å². The van der Waals surface area contributed by atoms with Gasteiger partial charge in [-0.1, -0.05) is 11.8 Å². The molecule has 4 N–H and O–H groups in total. The molecular formula is C21H20FN5O5. The molecule has 1 fully saturated rings. The van der Waals surface area contributed by atoms with Crippen molar-refractivity contribution in [3.05, 3.63) is 40.7 Å². The number of nitrogens with two attached hydrogens (primary N) is 1. The zero-order valence-electron chi connectivity index (χ0n) is 17.3. The Bertz CT molecular complexity index is 1210. The number of rotatable bonds is 2. The Kier molecular flexibility index (Phi) is 5.10. The molecule has 10 nitrogen and oxygen atoms in total. The monoisotopic (exact) mass is 441 g/mol. The molecule has 0 aliphatic carbocycles. The first-order valence-corrected chi connectivity index (χ1v) is 9.73. The van der Waals surface area contributed by atoms with Gasteiger partial charge in [-0.15, -0.1) is 0 Å².